The van der Waals surface area contributed by atoms with Crippen LogP contribution in [-0.4, -0.2) is 0 Å². The molecule has 1 saturated carbocycles. The normalized spacial score (nSPS) is 15.0. The van der Waals surface area contributed by atoms with Gasteiger partial charge in [-0.3, -0.25) is 0 Å². The highest BCUT2D eigenvalue weighted by Crippen LogP contribution is 2.29. The molecule has 1 aliphatic rings. The zero-order valence-corrected chi connectivity index (χ0v) is 12.1. The Bertz CT molecular complexity index is 111. The molecule has 1 aliphatic carbocycles. The molecule has 0 atom stereocenters. The number of hydrogen-bond donors (Lipinski definition) is 0. The Morgan fingerprint density at radius 3 is 1.76 bits per heavy atom. The van der Waals surface area contributed by atoms with Gasteiger partial charge in [0.05, 0.1) is 0 Å². The Kier molecular flexibility index (Phi) is 18.2. The lowest BCUT2D eigenvalue weighted by Crippen LogP contribution is -1.92. The van der Waals surface area contributed by atoms with Gasteiger partial charge in [-0.05, 0) is 5.92 Å². The van der Waals surface area contributed by atoms with E-state index in [9.17, 15) is 0 Å². The molecule has 0 bridgehead atoms. The van der Waals surface area contributed by atoms with Gasteiger partial charge in [-0.1, -0.05) is 105 Å². The van der Waals surface area contributed by atoms with E-state index < -0.39 is 0 Å². The van der Waals surface area contributed by atoms with Crippen molar-refractivity contribution in [2.45, 2.75) is 105 Å². The van der Waals surface area contributed by atoms with Gasteiger partial charge in [-0.2, -0.15) is 0 Å². The molecule has 0 aromatic carbocycles. The lowest BCUT2D eigenvalue weighted by molar-refractivity contribution is 0.462. The van der Waals surface area contributed by atoms with Crippen molar-refractivity contribution in [1.29, 1.82) is 0 Å². The van der Waals surface area contributed by atoms with Gasteiger partial charge < -0.3 is 0 Å². The van der Waals surface area contributed by atoms with E-state index in [1.165, 1.54) is 77.0 Å². The maximum atomic E-state index is 2.29. The molecule has 0 saturated heterocycles. The highest BCUT2D eigenvalue weighted by Gasteiger charge is 2.13. The molecule has 106 valence electrons. The largest absolute Gasteiger partial charge is 0.0776 e. The predicted octanol–water partition coefficient (Wildman–Crippen LogP) is 6.98. The van der Waals surface area contributed by atoms with Gasteiger partial charge in [-0.25, -0.2) is 0 Å². The van der Waals surface area contributed by atoms with Crippen LogP contribution >= 0.6 is 0 Å². The third-order valence-electron chi connectivity index (χ3n) is 3.44. The van der Waals surface area contributed by atoms with Crippen molar-refractivity contribution in [3.8, 4) is 0 Å². The predicted molar refractivity (Wildman–Crippen MR) is 82.6 cm³/mol. The molecule has 0 aromatic rings. The number of rotatable bonds is 7. The third kappa shape index (κ3) is 13.9. The summed E-state index contributed by atoms with van der Waals surface area (Å²) in [6, 6.07) is 0. The Morgan fingerprint density at radius 1 is 0.765 bits per heavy atom. The van der Waals surface area contributed by atoms with Crippen LogP contribution in [0.3, 0.4) is 0 Å². The zero-order valence-electron chi connectivity index (χ0n) is 12.1. The first-order chi connectivity index (χ1) is 7.85. The van der Waals surface area contributed by atoms with E-state index in [1.54, 1.807) is 0 Å². The van der Waals surface area contributed by atoms with Gasteiger partial charge in [0.15, 0.2) is 0 Å². The monoisotopic (exact) mass is 242 g/mol. The van der Waals surface area contributed by atoms with Crippen molar-refractivity contribution in [3.05, 3.63) is 0 Å². The topological polar surface area (TPSA) is 0 Å². The van der Waals surface area contributed by atoms with Crippen LogP contribution in [0.15, 0.2) is 0 Å². The quantitative estimate of drug-likeness (QED) is 0.422. The average molecular weight is 242 g/mol. The lowest BCUT2D eigenvalue weighted by atomic mass is 9.99. The molecule has 0 aliphatic heterocycles. The summed E-state index contributed by atoms with van der Waals surface area (Å²) >= 11 is 0. The van der Waals surface area contributed by atoms with E-state index in [1.807, 2.05) is 0 Å². The van der Waals surface area contributed by atoms with E-state index in [0.717, 1.165) is 5.92 Å². The van der Waals surface area contributed by atoms with Gasteiger partial charge in [0.1, 0.15) is 0 Å². The molecule has 0 heterocycles. The maximum Gasteiger partial charge on any atom is -0.0414 e. The molecular weight excluding hydrogens is 204 g/mol. The van der Waals surface area contributed by atoms with Crippen LogP contribution in [0.25, 0.3) is 0 Å². The first-order valence-corrected chi connectivity index (χ1v) is 7.85. The fourth-order valence-electron chi connectivity index (χ4n) is 2.51. The molecule has 1 fully saturated rings. The molecule has 0 amide bonds. The maximum absolute atomic E-state index is 2.29. The molecule has 0 spiro atoms. The molecule has 1 rings (SSSR count). The minimum atomic E-state index is 0. The summed E-state index contributed by atoms with van der Waals surface area (Å²) in [5, 5.41) is 0. The van der Waals surface area contributed by atoms with Crippen LogP contribution in [0.4, 0.5) is 0 Å². The summed E-state index contributed by atoms with van der Waals surface area (Å²) in [7, 11) is 0. The fraction of sp³-hybridized carbons (Fsp3) is 1.00. The van der Waals surface area contributed by atoms with Crippen LogP contribution in [0.2, 0.25) is 0 Å². The van der Waals surface area contributed by atoms with Gasteiger partial charge in [0.2, 0.25) is 0 Å². The first kappa shape index (κ1) is 19.3. The molecule has 0 N–H and O–H groups in total. The first-order valence-electron chi connectivity index (χ1n) is 7.85. The van der Waals surface area contributed by atoms with Crippen molar-refractivity contribution in [3.63, 3.8) is 0 Å². The summed E-state index contributed by atoms with van der Waals surface area (Å²) in [6.07, 6.45) is 17.7. The highest BCUT2D eigenvalue weighted by atomic mass is 14.2. The average Bonchev–Trinajstić information content (AvgIpc) is 2.77. The molecule has 0 aromatic heterocycles. The highest BCUT2D eigenvalue weighted by molar-refractivity contribution is 4.66. The Labute approximate surface area is 112 Å². The van der Waals surface area contributed by atoms with Crippen molar-refractivity contribution in [2.24, 2.45) is 5.92 Å². The van der Waals surface area contributed by atoms with E-state index in [4.69, 9.17) is 0 Å². The van der Waals surface area contributed by atoms with Crippen LogP contribution < -0.4 is 0 Å². The fourth-order valence-corrected chi connectivity index (χ4v) is 2.51. The van der Waals surface area contributed by atoms with Gasteiger partial charge in [-0.15, -0.1) is 0 Å². The van der Waals surface area contributed by atoms with Gasteiger partial charge in [0, 0.05) is 0 Å². The van der Waals surface area contributed by atoms with Crippen LogP contribution in [-0.2, 0) is 0 Å². The van der Waals surface area contributed by atoms with E-state index in [-0.39, 0.29) is 7.43 Å². The molecular formula is C17H38. The van der Waals surface area contributed by atoms with Crippen LogP contribution in [0.1, 0.15) is 105 Å². The van der Waals surface area contributed by atoms with Crippen LogP contribution in [0, 0.1) is 5.92 Å². The SMILES string of the molecule is C.CCC.CCCCCCCCC1CCCC1. The van der Waals surface area contributed by atoms with E-state index >= 15 is 0 Å². The van der Waals surface area contributed by atoms with E-state index in [2.05, 4.69) is 20.8 Å². The van der Waals surface area contributed by atoms with Crippen molar-refractivity contribution in [1.82, 2.24) is 0 Å². The summed E-state index contributed by atoms with van der Waals surface area (Å²) in [4.78, 5) is 0. The molecule has 0 heteroatoms. The molecule has 17 heavy (non-hydrogen) atoms. The van der Waals surface area contributed by atoms with Gasteiger partial charge >= 0.3 is 0 Å². The number of hydrogen-bond acceptors (Lipinski definition) is 0. The van der Waals surface area contributed by atoms with Crippen molar-refractivity contribution < 1.29 is 0 Å². The molecule has 0 radical (unpaired) electrons. The third-order valence-corrected chi connectivity index (χ3v) is 3.44. The van der Waals surface area contributed by atoms with E-state index in [0.29, 0.717) is 0 Å². The summed E-state index contributed by atoms with van der Waals surface area (Å²) in [5.74, 6) is 1.12. The molecule has 0 nitrogen and oxygen atoms in total. The van der Waals surface area contributed by atoms with Crippen molar-refractivity contribution >= 4 is 0 Å². The Hall–Kier alpha value is 0. The zero-order chi connectivity index (χ0) is 12.1. The molecule has 0 unspecified atom stereocenters. The second kappa shape index (κ2) is 16.0. The van der Waals surface area contributed by atoms with Gasteiger partial charge in [0.25, 0.3) is 0 Å². The minimum Gasteiger partial charge on any atom is -0.0776 e. The number of unbranched alkanes of at least 4 members (excludes halogenated alkanes) is 5. The smallest absolute Gasteiger partial charge is 0.0414 e. The van der Waals surface area contributed by atoms with Crippen LogP contribution in [0.5, 0.6) is 0 Å². The Balaban J connectivity index is 0. The summed E-state index contributed by atoms with van der Waals surface area (Å²) in [6.45, 7) is 6.54. The standard InChI is InChI=1S/C13H26.C3H8.CH4/c1-2-3-4-5-6-7-10-13-11-8-9-12-13;1-3-2;/h13H,2-12H2,1H3;3H2,1-2H3;1H4. The summed E-state index contributed by atoms with van der Waals surface area (Å²) < 4.78 is 0. The van der Waals surface area contributed by atoms with Crippen molar-refractivity contribution in [2.75, 3.05) is 0 Å². The summed E-state index contributed by atoms with van der Waals surface area (Å²) in [5.41, 5.74) is 0. The minimum absolute atomic E-state index is 0. The lowest BCUT2D eigenvalue weighted by Gasteiger charge is -2.07. The second-order valence-corrected chi connectivity index (χ2v) is 5.41. The Morgan fingerprint density at radius 2 is 1.24 bits per heavy atom. The second-order valence-electron chi connectivity index (χ2n) is 5.41.